The SMILES string of the molecule is CCNC(=O)C(C)Oc1ccc(C)cc1CNC(C)(C)C. The first-order chi connectivity index (χ1) is 9.73. The van der Waals surface area contributed by atoms with Gasteiger partial charge in [-0.3, -0.25) is 4.79 Å². The summed E-state index contributed by atoms with van der Waals surface area (Å²) in [4.78, 5) is 11.8. The van der Waals surface area contributed by atoms with Gasteiger partial charge in [0.05, 0.1) is 0 Å². The van der Waals surface area contributed by atoms with E-state index in [4.69, 9.17) is 4.74 Å². The molecular weight excluding hydrogens is 264 g/mol. The van der Waals surface area contributed by atoms with Gasteiger partial charge in [-0.05, 0) is 47.6 Å². The molecule has 1 rings (SSSR count). The summed E-state index contributed by atoms with van der Waals surface area (Å²) >= 11 is 0. The zero-order valence-electron chi connectivity index (χ0n) is 14.0. The van der Waals surface area contributed by atoms with Crippen LogP contribution in [0.15, 0.2) is 18.2 Å². The summed E-state index contributed by atoms with van der Waals surface area (Å²) < 4.78 is 5.83. The highest BCUT2D eigenvalue weighted by Crippen LogP contribution is 2.22. The van der Waals surface area contributed by atoms with E-state index in [1.807, 2.05) is 19.1 Å². The first kappa shape index (κ1) is 17.5. The number of aryl methyl sites for hydroxylation is 1. The van der Waals surface area contributed by atoms with Crippen LogP contribution in [-0.4, -0.2) is 24.1 Å². The lowest BCUT2D eigenvalue weighted by Crippen LogP contribution is -2.37. The Balaban J connectivity index is 2.83. The van der Waals surface area contributed by atoms with Gasteiger partial charge in [0.2, 0.25) is 0 Å². The summed E-state index contributed by atoms with van der Waals surface area (Å²) in [6.07, 6.45) is -0.499. The molecule has 4 heteroatoms. The van der Waals surface area contributed by atoms with Crippen LogP contribution in [0.25, 0.3) is 0 Å². The van der Waals surface area contributed by atoms with Crippen LogP contribution in [0.1, 0.15) is 45.7 Å². The first-order valence-electron chi connectivity index (χ1n) is 7.52. The molecule has 0 fully saturated rings. The number of hydrogen-bond donors (Lipinski definition) is 2. The van der Waals surface area contributed by atoms with E-state index in [0.29, 0.717) is 13.1 Å². The minimum absolute atomic E-state index is 0.0339. The third-order valence-electron chi connectivity index (χ3n) is 3.05. The molecule has 0 bridgehead atoms. The Morgan fingerprint density at radius 2 is 2.00 bits per heavy atom. The number of benzene rings is 1. The van der Waals surface area contributed by atoms with Gasteiger partial charge in [0.1, 0.15) is 5.75 Å². The zero-order valence-corrected chi connectivity index (χ0v) is 14.0. The Kier molecular flexibility index (Phi) is 6.21. The second-order valence-corrected chi connectivity index (χ2v) is 6.37. The lowest BCUT2D eigenvalue weighted by Gasteiger charge is -2.23. The van der Waals surface area contributed by atoms with Crippen LogP contribution in [-0.2, 0) is 11.3 Å². The fourth-order valence-corrected chi connectivity index (χ4v) is 1.88. The second-order valence-electron chi connectivity index (χ2n) is 6.37. The quantitative estimate of drug-likeness (QED) is 0.847. The van der Waals surface area contributed by atoms with Crippen LogP contribution in [0.3, 0.4) is 0 Å². The third-order valence-corrected chi connectivity index (χ3v) is 3.05. The van der Waals surface area contributed by atoms with Gasteiger partial charge in [0, 0.05) is 24.2 Å². The molecule has 118 valence electrons. The average Bonchev–Trinajstić information content (AvgIpc) is 2.38. The van der Waals surface area contributed by atoms with E-state index in [9.17, 15) is 4.79 Å². The van der Waals surface area contributed by atoms with Crippen molar-refractivity contribution in [3.63, 3.8) is 0 Å². The van der Waals surface area contributed by atoms with Crippen LogP contribution >= 0.6 is 0 Å². The molecule has 2 N–H and O–H groups in total. The lowest BCUT2D eigenvalue weighted by molar-refractivity contribution is -0.127. The van der Waals surface area contributed by atoms with Crippen molar-refractivity contribution in [1.82, 2.24) is 10.6 Å². The third kappa shape index (κ3) is 6.17. The topological polar surface area (TPSA) is 50.4 Å². The zero-order chi connectivity index (χ0) is 16.0. The fourth-order valence-electron chi connectivity index (χ4n) is 1.88. The molecule has 0 heterocycles. The molecule has 4 nitrogen and oxygen atoms in total. The monoisotopic (exact) mass is 292 g/mol. The molecule has 1 atom stereocenters. The van der Waals surface area contributed by atoms with Gasteiger partial charge in [-0.1, -0.05) is 17.7 Å². The summed E-state index contributed by atoms with van der Waals surface area (Å²) in [7, 11) is 0. The summed E-state index contributed by atoms with van der Waals surface area (Å²) in [5, 5.41) is 6.23. The van der Waals surface area contributed by atoms with Crippen molar-refractivity contribution in [2.75, 3.05) is 6.54 Å². The van der Waals surface area contributed by atoms with E-state index in [-0.39, 0.29) is 11.4 Å². The molecule has 0 saturated carbocycles. The minimum atomic E-state index is -0.499. The standard InChI is InChI=1S/C17H28N2O2/c1-7-18-16(20)13(3)21-15-9-8-12(2)10-14(15)11-19-17(4,5)6/h8-10,13,19H,7,11H2,1-6H3,(H,18,20). The van der Waals surface area contributed by atoms with Crippen molar-refractivity contribution in [3.8, 4) is 5.75 Å². The fraction of sp³-hybridized carbons (Fsp3) is 0.588. The predicted octanol–water partition coefficient (Wildman–Crippen LogP) is 2.79. The van der Waals surface area contributed by atoms with Crippen molar-refractivity contribution >= 4 is 5.91 Å². The molecule has 21 heavy (non-hydrogen) atoms. The molecular formula is C17H28N2O2. The van der Waals surface area contributed by atoms with Crippen molar-refractivity contribution < 1.29 is 9.53 Å². The predicted molar refractivity (Wildman–Crippen MR) is 86.5 cm³/mol. The van der Waals surface area contributed by atoms with E-state index in [1.54, 1.807) is 6.92 Å². The summed E-state index contributed by atoms with van der Waals surface area (Å²) in [5.41, 5.74) is 2.28. The van der Waals surface area contributed by atoms with Crippen LogP contribution in [0.4, 0.5) is 0 Å². The molecule has 0 radical (unpaired) electrons. The number of carbonyl (C=O) groups is 1. The number of nitrogens with one attached hydrogen (secondary N) is 2. The maximum atomic E-state index is 11.8. The highest BCUT2D eigenvalue weighted by molar-refractivity contribution is 5.80. The minimum Gasteiger partial charge on any atom is -0.481 e. The van der Waals surface area contributed by atoms with Crippen molar-refractivity contribution in [3.05, 3.63) is 29.3 Å². The van der Waals surface area contributed by atoms with Gasteiger partial charge >= 0.3 is 0 Å². The van der Waals surface area contributed by atoms with Crippen LogP contribution in [0, 0.1) is 6.92 Å². The van der Waals surface area contributed by atoms with Crippen molar-refractivity contribution in [2.45, 2.75) is 59.7 Å². The molecule has 0 aliphatic rings. The molecule has 1 aromatic carbocycles. The number of rotatable bonds is 6. The van der Waals surface area contributed by atoms with Gasteiger partial charge in [-0.2, -0.15) is 0 Å². The van der Waals surface area contributed by atoms with E-state index in [1.165, 1.54) is 5.56 Å². The maximum Gasteiger partial charge on any atom is 0.260 e. The Bertz CT molecular complexity index is 478. The van der Waals surface area contributed by atoms with E-state index in [0.717, 1.165) is 11.3 Å². The van der Waals surface area contributed by atoms with E-state index >= 15 is 0 Å². The van der Waals surface area contributed by atoms with Gasteiger partial charge in [-0.25, -0.2) is 0 Å². The average molecular weight is 292 g/mol. The van der Waals surface area contributed by atoms with Gasteiger partial charge in [-0.15, -0.1) is 0 Å². The molecule has 0 saturated heterocycles. The molecule has 0 aliphatic heterocycles. The molecule has 0 spiro atoms. The number of ether oxygens (including phenoxy) is 1. The van der Waals surface area contributed by atoms with Crippen LogP contribution in [0.5, 0.6) is 5.75 Å². The normalized spacial score (nSPS) is 12.9. The summed E-state index contributed by atoms with van der Waals surface area (Å²) in [6.45, 7) is 13.4. The van der Waals surface area contributed by atoms with Crippen molar-refractivity contribution in [2.24, 2.45) is 0 Å². The second kappa shape index (κ2) is 7.46. The van der Waals surface area contributed by atoms with Crippen LogP contribution < -0.4 is 15.4 Å². The van der Waals surface area contributed by atoms with Gasteiger partial charge in [0.25, 0.3) is 5.91 Å². The Hall–Kier alpha value is -1.55. The van der Waals surface area contributed by atoms with Crippen LogP contribution in [0.2, 0.25) is 0 Å². The Morgan fingerprint density at radius 1 is 1.33 bits per heavy atom. The molecule has 1 unspecified atom stereocenters. The largest absolute Gasteiger partial charge is 0.481 e. The maximum absolute atomic E-state index is 11.8. The van der Waals surface area contributed by atoms with E-state index in [2.05, 4.69) is 44.4 Å². The molecule has 0 aliphatic carbocycles. The highest BCUT2D eigenvalue weighted by atomic mass is 16.5. The highest BCUT2D eigenvalue weighted by Gasteiger charge is 2.16. The number of amides is 1. The number of hydrogen-bond acceptors (Lipinski definition) is 3. The summed E-state index contributed by atoms with van der Waals surface area (Å²) in [6, 6.07) is 6.03. The number of carbonyl (C=O) groups excluding carboxylic acids is 1. The first-order valence-corrected chi connectivity index (χ1v) is 7.52. The molecule has 0 aromatic heterocycles. The van der Waals surface area contributed by atoms with Crippen molar-refractivity contribution in [1.29, 1.82) is 0 Å². The van der Waals surface area contributed by atoms with Gasteiger partial charge in [0.15, 0.2) is 6.10 Å². The Labute approximate surface area is 128 Å². The smallest absolute Gasteiger partial charge is 0.260 e. The summed E-state index contributed by atoms with van der Waals surface area (Å²) in [5.74, 6) is 0.670. The number of likely N-dealkylation sites (N-methyl/N-ethyl adjacent to an activating group) is 1. The molecule has 1 aromatic rings. The molecule has 1 amide bonds. The van der Waals surface area contributed by atoms with E-state index < -0.39 is 6.10 Å². The Morgan fingerprint density at radius 3 is 2.57 bits per heavy atom. The lowest BCUT2D eigenvalue weighted by atomic mass is 10.1. The van der Waals surface area contributed by atoms with Gasteiger partial charge < -0.3 is 15.4 Å².